The van der Waals surface area contributed by atoms with Crippen molar-refractivity contribution < 1.29 is 27.1 Å². The van der Waals surface area contributed by atoms with Crippen molar-refractivity contribution in [2.75, 3.05) is 17.5 Å². The zero-order chi connectivity index (χ0) is 34.0. The first-order valence-corrected chi connectivity index (χ1v) is 17.2. The molecule has 0 radical (unpaired) electrons. The van der Waals surface area contributed by atoms with Crippen LogP contribution in [0.5, 0.6) is 5.75 Å². The molecule has 0 spiro atoms. The summed E-state index contributed by atoms with van der Waals surface area (Å²) in [5, 5.41) is 3.02. The SMILES string of the molecule is CCOc1ccc(S(=O)(=O)N(CC(=O)N(Cc2ccc(C)cc2)[C@@H](Cc2ccccc2)C(=O)N[C@H](C)CC)c2ccc(F)cc2)cc1. The third-order valence-electron chi connectivity index (χ3n) is 7.86. The first-order valence-electron chi connectivity index (χ1n) is 15.7. The van der Waals surface area contributed by atoms with Crippen molar-refractivity contribution in [1.29, 1.82) is 0 Å². The molecule has 4 aromatic carbocycles. The molecule has 0 saturated heterocycles. The second-order valence-corrected chi connectivity index (χ2v) is 13.3. The van der Waals surface area contributed by atoms with Crippen LogP contribution in [0.15, 0.2) is 108 Å². The van der Waals surface area contributed by atoms with Gasteiger partial charge in [-0.25, -0.2) is 12.8 Å². The summed E-state index contributed by atoms with van der Waals surface area (Å²) in [7, 11) is -4.33. The molecular formula is C37H42FN3O5S. The van der Waals surface area contributed by atoms with E-state index >= 15 is 0 Å². The van der Waals surface area contributed by atoms with E-state index in [9.17, 15) is 22.4 Å². The summed E-state index contributed by atoms with van der Waals surface area (Å²) in [6.45, 7) is 7.47. The molecule has 2 atom stereocenters. The van der Waals surface area contributed by atoms with Crippen LogP contribution in [0, 0.1) is 12.7 Å². The fourth-order valence-electron chi connectivity index (χ4n) is 5.02. The molecule has 0 bridgehead atoms. The summed E-state index contributed by atoms with van der Waals surface area (Å²) >= 11 is 0. The lowest BCUT2D eigenvalue weighted by atomic mass is 10.0. The summed E-state index contributed by atoms with van der Waals surface area (Å²) in [4.78, 5) is 29.8. The van der Waals surface area contributed by atoms with E-state index < -0.39 is 34.3 Å². The Morgan fingerprint density at radius 1 is 0.851 bits per heavy atom. The molecule has 0 aliphatic rings. The zero-order valence-corrected chi connectivity index (χ0v) is 28.0. The van der Waals surface area contributed by atoms with Gasteiger partial charge in [0.25, 0.3) is 10.0 Å². The van der Waals surface area contributed by atoms with Crippen LogP contribution in [0.25, 0.3) is 0 Å². The average Bonchev–Trinajstić information content (AvgIpc) is 3.07. The van der Waals surface area contributed by atoms with E-state index in [1.807, 2.05) is 82.3 Å². The fourth-order valence-corrected chi connectivity index (χ4v) is 6.44. The van der Waals surface area contributed by atoms with Gasteiger partial charge in [0.05, 0.1) is 17.2 Å². The number of benzene rings is 4. The number of carbonyl (C=O) groups excluding carboxylic acids is 2. The van der Waals surface area contributed by atoms with E-state index in [2.05, 4.69) is 5.32 Å². The van der Waals surface area contributed by atoms with Crippen molar-refractivity contribution >= 4 is 27.5 Å². The van der Waals surface area contributed by atoms with Gasteiger partial charge in [0.15, 0.2) is 0 Å². The summed E-state index contributed by atoms with van der Waals surface area (Å²) in [5.74, 6) is -0.989. The molecular weight excluding hydrogens is 617 g/mol. The van der Waals surface area contributed by atoms with Crippen LogP contribution in [-0.2, 0) is 32.6 Å². The number of carbonyl (C=O) groups is 2. The van der Waals surface area contributed by atoms with Crippen LogP contribution in [0.3, 0.4) is 0 Å². The van der Waals surface area contributed by atoms with Gasteiger partial charge < -0.3 is 15.0 Å². The van der Waals surface area contributed by atoms with E-state index in [0.717, 1.165) is 33.1 Å². The molecule has 0 aromatic heterocycles. The highest BCUT2D eigenvalue weighted by molar-refractivity contribution is 7.92. The molecule has 0 aliphatic carbocycles. The minimum absolute atomic E-state index is 0.0604. The van der Waals surface area contributed by atoms with Gasteiger partial charge in [-0.15, -0.1) is 0 Å². The molecule has 47 heavy (non-hydrogen) atoms. The van der Waals surface area contributed by atoms with Crippen molar-refractivity contribution in [1.82, 2.24) is 10.2 Å². The van der Waals surface area contributed by atoms with Crippen molar-refractivity contribution in [2.24, 2.45) is 0 Å². The molecule has 248 valence electrons. The Labute approximate surface area is 277 Å². The number of halogens is 1. The van der Waals surface area contributed by atoms with Gasteiger partial charge in [0, 0.05) is 19.0 Å². The third kappa shape index (κ3) is 9.42. The Bertz CT molecular complexity index is 1720. The maximum Gasteiger partial charge on any atom is 0.264 e. The number of sulfonamides is 1. The number of hydrogen-bond acceptors (Lipinski definition) is 5. The Hall–Kier alpha value is -4.70. The van der Waals surface area contributed by atoms with E-state index in [1.165, 1.54) is 29.2 Å². The van der Waals surface area contributed by atoms with E-state index in [0.29, 0.717) is 18.8 Å². The largest absolute Gasteiger partial charge is 0.494 e. The highest BCUT2D eigenvalue weighted by Crippen LogP contribution is 2.27. The Morgan fingerprint density at radius 3 is 2.09 bits per heavy atom. The Balaban J connectivity index is 1.79. The first kappa shape index (κ1) is 35.2. The number of nitrogens with zero attached hydrogens (tertiary/aromatic N) is 2. The number of aryl methyl sites for hydroxylation is 1. The van der Waals surface area contributed by atoms with E-state index in [1.54, 1.807) is 12.1 Å². The molecule has 0 fully saturated rings. The van der Waals surface area contributed by atoms with Crippen molar-refractivity contribution in [3.63, 3.8) is 0 Å². The second-order valence-electron chi connectivity index (χ2n) is 11.4. The van der Waals surface area contributed by atoms with Gasteiger partial charge in [-0.3, -0.25) is 13.9 Å². The summed E-state index contributed by atoms with van der Waals surface area (Å²) in [5.41, 5.74) is 2.76. The smallest absolute Gasteiger partial charge is 0.264 e. The molecule has 0 unspecified atom stereocenters. The maximum atomic E-state index is 14.5. The second kappa shape index (κ2) is 16.2. The van der Waals surface area contributed by atoms with Crippen LogP contribution in [0.1, 0.15) is 43.9 Å². The standard InChI is InChI=1S/C37H42FN3O5S/c1-5-28(4)39-37(43)35(24-29-10-8-7-9-11-29)40(25-30-14-12-27(3)13-15-30)36(42)26-41(32-18-16-31(38)17-19-32)47(44,45)34-22-20-33(21-23-34)46-6-2/h7-23,28,35H,5-6,24-26H2,1-4H3,(H,39,43)/t28-,35+/m1/s1. The molecule has 0 saturated carbocycles. The van der Waals surface area contributed by atoms with Crippen LogP contribution in [0.2, 0.25) is 0 Å². The van der Waals surface area contributed by atoms with Gasteiger partial charge in [0.1, 0.15) is 24.2 Å². The minimum atomic E-state index is -4.33. The number of anilines is 1. The molecule has 2 amide bonds. The van der Waals surface area contributed by atoms with Gasteiger partial charge >= 0.3 is 0 Å². The summed E-state index contributed by atoms with van der Waals surface area (Å²) in [6, 6.07) is 26.7. The number of ether oxygens (including phenoxy) is 1. The quantitative estimate of drug-likeness (QED) is 0.162. The molecule has 10 heteroatoms. The maximum absolute atomic E-state index is 14.5. The van der Waals surface area contributed by atoms with Crippen LogP contribution >= 0.6 is 0 Å². The van der Waals surface area contributed by atoms with E-state index in [4.69, 9.17) is 4.74 Å². The summed E-state index contributed by atoms with van der Waals surface area (Å²) in [6.07, 6.45) is 0.900. The number of rotatable bonds is 15. The minimum Gasteiger partial charge on any atom is -0.494 e. The monoisotopic (exact) mass is 659 g/mol. The fraction of sp³-hybridized carbons (Fsp3) is 0.297. The molecule has 4 aromatic rings. The molecule has 0 heterocycles. The molecule has 1 N–H and O–H groups in total. The van der Waals surface area contributed by atoms with Gasteiger partial charge in [0.2, 0.25) is 11.8 Å². The lowest BCUT2D eigenvalue weighted by molar-refractivity contribution is -0.140. The lowest BCUT2D eigenvalue weighted by Gasteiger charge is -2.34. The highest BCUT2D eigenvalue weighted by atomic mass is 32.2. The lowest BCUT2D eigenvalue weighted by Crippen LogP contribution is -2.54. The van der Waals surface area contributed by atoms with Gasteiger partial charge in [-0.1, -0.05) is 67.1 Å². The normalized spacial score (nSPS) is 12.5. The summed E-state index contributed by atoms with van der Waals surface area (Å²) < 4.78 is 48.7. The Kier molecular flexibility index (Phi) is 12.1. The van der Waals surface area contributed by atoms with E-state index in [-0.39, 0.29) is 35.5 Å². The Morgan fingerprint density at radius 2 is 1.49 bits per heavy atom. The van der Waals surface area contributed by atoms with Crippen molar-refractivity contribution in [3.8, 4) is 5.75 Å². The van der Waals surface area contributed by atoms with Crippen LogP contribution in [0.4, 0.5) is 10.1 Å². The molecule has 8 nitrogen and oxygen atoms in total. The van der Waals surface area contributed by atoms with Gasteiger partial charge in [-0.05, 0) is 86.8 Å². The van der Waals surface area contributed by atoms with Crippen molar-refractivity contribution in [2.45, 2.75) is 64.1 Å². The first-order chi connectivity index (χ1) is 22.5. The average molecular weight is 660 g/mol. The van der Waals surface area contributed by atoms with Crippen LogP contribution in [-0.4, -0.2) is 50.4 Å². The van der Waals surface area contributed by atoms with Crippen LogP contribution < -0.4 is 14.4 Å². The van der Waals surface area contributed by atoms with Gasteiger partial charge in [-0.2, -0.15) is 0 Å². The molecule has 0 aliphatic heterocycles. The number of hydrogen-bond donors (Lipinski definition) is 1. The topological polar surface area (TPSA) is 96.0 Å². The third-order valence-corrected chi connectivity index (χ3v) is 9.65. The highest BCUT2D eigenvalue weighted by Gasteiger charge is 2.35. The molecule has 4 rings (SSSR count). The predicted molar refractivity (Wildman–Crippen MR) is 182 cm³/mol. The zero-order valence-electron chi connectivity index (χ0n) is 27.2. The number of nitrogens with one attached hydrogen (secondary N) is 1. The van der Waals surface area contributed by atoms with Crippen molar-refractivity contribution in [3.05, 3.63) is 126 Å². The predicted octanol–water partition coefficient (Wildman–Crippen LogP) is 6.28. The number of amides is 2.